The average Bonchev–Trinajstić information content (AvgIpc) is 3.62. The van der Waals surface area contributed by atoms with E-state index in [1.54, 1.807) is 11.9 Å². The van der Waals surface area contributed by atoms with Crippen LogP contribution in [0.3, 0.4) is 0 Å². The van der Waals surface area contributed by atoms with E-state index in [9.17, 15) is 27.6 Å². The van der Waals surface area contributed by atoms with Crippen molar-refractivity contribution in [3.63, 3.8) is 0 Å². The SMILES string of the molecule is CC1CN(c2cc(F)c(-c3nc(C(=O)N(C)CC4CC4)cs3)cc2NC(=O)c2c[nH]c(=O)cc2C(F)(F)F)CC(C)N1C. The van der Waals surface area contributed by atoms with E-state index in [4.69, 9.17) is 0 Å². The van der Waals surface area contributed by atoms with E-state index in [2.05, 4.69) is 20.2 Å². The van der Waals surface area contributed by atoms with Crippen LogP contribution >= 0.6 is 11.3 Å². The number of thiazole rings is 1. The number of hydrogen-bond acceptors (Lipinski definition) is 7. The Labute approximate surface area is 249 Å². The van der Waals surface area contributed by atoms with Gasteiger partial charge in [-0.3, -0.25) is 19.3 Å². The van der Waals surface area contributed by atoms with Gasteiger partial charge >= 0.3 is 6.18 Å². The summed E-state index contributed by atoms with van der Waals surface area (Å²) in [4.78, 5) is 49.9. The average molecular weight is 621 g/mol. The molecule has 1 saturated heterocycles. The Hall–Kier alpha value is -3.78. The highest BCUT2D eigenvalue weighted by Gasteiger charge is 2.36. The number of likely N-dealkylation sites (N-methyl/N-ethyl adjacent to an activating group) is 1. The van der Waals surface area contributed by atoms with Crippen molar-refractivity contribution >= 4 is 34.5 Å². The van der Waals surface area contributed by atoms with Crippen LogP contribution in [0.5, 0.6) is 0 Å². The second kappa shape index (κ2) is 11.7. The number of aromatic amines is 1. The molecule has 1 aromatic carbocycles. The molecule has 5 rings (SSSR count). The van der Waals surface area contributed by atoms with Crippen LogP contribution < -0.4 is 15.8 Å². The third-order valence-electron chi connectivity index (χ3n) is 8.04. The summed E-state index contributed by atoms with van der Waals surface area (Å²) in [6.45, 7) is 5.54. The van der Waals surface area contributed by atoms with E-state index in [1.165, 1.54) is 17.5 Å². The molecule has 3 aromatic rings. The lowest BCUT2D eigenvalue weighted by molar-refractivity contribution is -0.138. The van der Waals surface area contributed by atoms with Gasteiger partial charge < -0.3 is 20.1 Å². The Morgan fingerprint density at radius 3 is 2.47 bits per heavy atom. The lowest BCUT2D eigenvalue weighted by Crippen LogP contribution is -2.55. The third kappa shape index (κ3) is 6.59. The molecule has 0 spiro atoms. The maximum Gasteiger partial charge on any atom is 0.417 e. The summed E-state index contributed by atoms with van der Waals surface area (Å²) < 4.78 is 56.9. The number of nitrogens with one attached hydrogen (secondary N) is 2. The number of H-pyrrole nitrogens is 1. The molecule has 2 aliphatic rings. The maximum atomic E-state index is 15.7. The van der Waals surface area contributed by atoms with Crippen LogP contribution in [0.15, 0.2) is 34.6 Å². The van der Waals surface area contributed by atoms with Crippen LogP contribution in [-0.2, 0) is 6.18 Å². The van der Waals surface area contributed by atoms with Crippen molar-refractivity contribution in [1.29, 1.82) is 0 Å². The van der Waals surface area contributed by atoms with E-state index >= 15 is 4.39 Å². The van der Waals surface area contributed by atoms with Crippen LogP contribution in [0.25, 0.3) is 10.6 Å². The van der Waals surface area contributed by atoms with Crippen molar-refractivity contribution in [2.75, 3.05) is 43.9 Å². The fraction of sp³-hybridized carbons (Fsp3) is 0.448. The molecular weight excluding hydrogens is 588 g/mol. The zero-order valence-corrected chi connectivity index (χ0v) is 24.9. The van der Waals surface area contributed by atoms with Crippen molar-refractivity contribution < 1.29 is 27.2 Å². The fourth-order valence-corrected chi connectivity index (χ4v) is 6.05. The summed E-state index contributed by atoms with van der Waals surface area (Å²) >= 11 is 1.05. The maximum absolute atomic E-state index is 15.7. The highest BCUT2D eigenvalue weighted by Crippen LogP contribution is 2.38. The number of halogens is 4. The Kier molecular flexibility index (Phi) is 8.36. The molecule has 2 fully saturated rings. The van der Waals surface area contributed by atoms with Crippen LogP contribution in [-0.4, -0.2) is 77.4 Å². The van der Waals surface area contributed by atoms with Gasteiger partial charge in [0.05, 0.1) is 22.5 Å². The third-order valence-corrected chi connectivity index (χ3v) is 8.91. The van der Waals surface area contributed by atoms with E-state index in [0.717, 1.165) is 24.2 Å². The molecule has 0 bridgehead atoms. The highest BCUT2D eigenvalue weighted by molar-refractivity contribution is 7.13. The number of carbonyl (C=O) groups excluding carboxylic acids is 2. The summed E-state index contributed by atoms with van der Waals surface area (Å²) in [6.07, 6.45) is -2.11. The van der Waals surface area contributed by atoms with Gasteiger partial charge in [-0.05, 0) is 45.7 Å². The van der Waals surface area contributed by atoms with Gasteiger partial charge in [0, 0.05) is 68.0 Å². The molecule has 1 aliphatic carbocycles. The topological polar surface area (TPSA) is 102 Å². The molecule has 2 atom stereocenters. The molecule has 1 saturated carbocycles. The van der Waals surface area contributed by atoms with Crippen molar-refractivity contribution in [3.8, 4) is 10.6 Å². The molecule has 9 nitrogen and oxygen atoms in total. The first-order valence-electron chi connectivity index (χ1n) is 13.9. The number of amides is 2. The van der Waals surface area contributed by atoms with Gasteiger partial charge in [0.1, 0.15) is 16.5 Å². The molecule has 0 radical (unpaired) electrons. The van der Waals surface area contributed by atoms with Crippen molar-refractivity contribution in [2.45, 2.75) is 44.9 Å². The molecule has 43 heavy (non-hydrogen) atoms. The Balaban J connectivity index is 1.53. The minimum Gasteiger partial charge on any atom is -0.367 e. The van der Waals surface area contributed by atoms with Crippen molar-refractivity contribution in [3.05, 3.63) is 62.8 Å². The number of anilines is 2. The van der Waals surface area contributed by atoms with E-state index in [0.29, 0.717) is 37.8 Å². The number of carbonyl (C=O) groups is 2. The molecule has 2 unspecified atom stereocenters. The van der Waals surface area contributed by atoms with Crippen molar-refractivity contribution in [2.24, 2.45) is 5.92 Å². The van der Waals surface area contributed by atoms with E-state index in [1.807, 2.05) is 25.8 Å². The monoisotopic (exact) mass is 620 g/mol. The zero-order valence-electron chi connectivity index (χ0n) is 24.1. The van der Waals surface area contributed by atoms with E-state index < -0.39 is 34.6 Å². The minimum absolute atomic E-state index is 0.0133. The molecule has 2 aromatic heterocycles. The number of piperazine rings is 1. The summed E-state index contributed by atoms with van der Waals surface area (Å²) in [7, 11) is 3.66. The van der Waals surface area contributed by atoms with Gasteiger partial charge in [-0.15, -0.1) is 11.3 Å². The van der Waals surface area contributed by atoms with Gasteiger partial charge in [-0.25, -0.2) is 9.37 Å². The van der Waals surface area contributed by atoms with Crippen LogP contribution in [0, 0.1) is 11.7 Å². The summed E-state index contributed by atoms with van der Waals surface area (Å²) in [5.74, 6) is -1.61. The fourth-order valence-electron chi connectivity index (χ4n) is 5.23. The first-order valence-corrected chi connectivity index (χ1v) is 14.7. The Morgan fingerprint density at radius 1 is 1.16 bits per heavy atom. The molecule has 2 amide bonds. The van der Waals surface area contributed by atoms with Gasteiger partial charge in [0.25, 0.3) is 11.8 Å². The first-order chi connectivity index (χ1) is 20.2. The molecule has 1 aliphatic heterocycles. The molecule has 14 heteroatoms. The second-order valence-corrected chi connectivity index (χ2v) is 12.2. The van der Waals surface area contributed by atoms with Gasteiger partial charge in [-0.2, -0.15) is 13.2 Å². The number of hydrogen-bond donors (Lipinski definition) is 2. The lowest BCUT2D eigenvalue weighted by atomic mass is 10.1. The normalized spacial score (nSPS) is 19.4. The lowest BCUT2D eigenvalue weighted by Gasteiger charge is -2.44. The van der Waals surface area contributed by atoms with Crippen LogP contribution in [0.2, 0.25) is 0 Å². The second-order valence-electron chi connectivity index (χ2n) is 11.4. The number of aromatic nitrogens is 2. The molecule has 3 heterocycles. The molecular formula is C29H32F4N6O3S. The smallest absolute Gasteiger partial charge is 0.367 e. The predicted molar refractivity (Wildman–Crippen MR) is 156 cm³/mol. The molecule has 230 valence electrons. The van der Waals surface area contributed by atoms with Crippen LogP contribution in [0.4, 0.5) is 28.9 Å². The number of benzene rings is 1. The van der Waals surface area contributed by atoms with E-state index in [-0.39, 0.29) is 45.6 Å². The minimum atomic E-state index is -4.96. The largest absolute Gasteiger partial charge is 0.417 e. The Morgan fingerprint density at radius 2 is 1.84 bits per heavy atom. The highest BCUT2D eigenvalue weighted by atomic mass is 32.1. The summed E-state index contributed by atoms with van der Waals surface area (Å²) in [5, 5.41) is 4.25. The van der Waals surface area contributed by atoms with Gasteiger partial charge in [0.2, 0.25) is 5.56 Å². The number of rotatable bonds is 7. The number of alkyl halides is 3. The standard InChI is InChI=1S/C29H32F4N6O3S/c1-15-11-39(12-16(2)38(15)4)24-9-21(30)18(27-36-23(14-43-27)28(42)37(3)13-17-5-6-17)7-22(24)35-26(41)19-10-34-25(40)8-20(19)29(31,32)33/h7-10,14-17H,5-6,11-13H2,1-4H3,(H,34,40)(H,35,41). The quantitative estimate of drug-likeness (QED) is 0.364. The predicted octanol–water partition coefficient (Wildman–Crippen LogP) is 4.92. The van der Waals surface area contributed by atoms with Gasteiger partial charge in [0.15, 0.2) is 0 Å². The summed E-state index contributed by atoms with van der Waals surface area (Å²) in [5.41, 5.74) is -2.69. The summed E-state index contributed by atoms with van der Waals surface area (Å²) in [6, 6.07) is 3.01. The molecule has 2 N–H and O–H groups in total. The number of nitrogens with zero attached hydrogens (tertiary/aromatic N) is 4. The van der Waals surface area contributed by atoms with Gasteiger partial charge in [-0.1, -0.05) is 0 Å². The zero-order chi connectivity index (χ0) is 31.2. The number of pyridine rings is 1. The van der Waals surface area contributed by atoms with Crippen molar-refractivity contribution in [1.82, 2.24) is 19.8 Å². The van der Waals surface area contributed by atoms with Crippen LogP contribution in [0.1, 0.15) is 53.1 Å². The first kappa shape index (κ1) is 30.7. The Bertz CT molecular complexity index is 1590.